The van der Waals surface area contributed by atoms with E-state index in [4.69, 9.17) is 4.42 Å². The predicted molar refractivity (Wildman–Crippen MR) is 235 cm³/mol. The SMILES string of the molecule is c1ccc(-c2ccc3c(c2)c2cc(-c4ccccc4)ccc2n3-c2cccc3c2-c2ccccc2C32c3ccccc3-c3c2ccc2c3oc3ccccc32)cc1. The zero-order valence-electron chi connectivity index (χ0n) is 30.9. The van der Waals surface area contributed by atoms with Gasteiger partial charge in [0.1, 0.15) is 11.2 Å². The molecule has 2 heterocycles. The molecule has 1 unspecified atom stereocenters. The highest BCUT2D eigenvalue weighted by atomic mass is 16.3. The highest BCUT2D eigenvalue weighted by Crippen LogP contribution is 2.65. The third kappa shape index (κ3) is 3.99. The molecular formula is C55H33NO. The molecule has 2 heteroatoms. The lowest BCUT2D eigenvalue weighted by atomic mass is 9.70. The van der Waals surface area contributed by atoms with Crippen LogP contribution in [0.2, 0.25) is 0 Å². The van der Waals surface area contributed by atoms with Gasteiger partial charge in [-0.3, -0.25) is 0 Å². The highest BCUT2D eigenvalue weighted by Gasteiger charge is 2.53. The van der Waals surface area contributed by atoms with Gasteiger partial charge in [0, 0.05) is 32.7 Å². The molecule has 2 aromatic heterocycles. The van der Waals surface area contributed by atoms with Gasteiger partial charge in [-0.25, -0.2) is 0 Å². The van der Waals surface area contributed by atoms with Crippen LogP contribution in [0, 0.1) is 0 Å². The topological polar surface area (TPSA) is 18.1 Å². The second-order valence-corrected chi connectivity index (χ2v) is 15.5. The molecule has 57 heavy (non-hydrogen) atoms. The van der Waals surface area contributed by atoms with Gasteiger partial charge in [0.15, 0.2) is 0 Å². The van der Waals surface area contributed by atoms with E-state index in [-0.39, 0.29) is 0 Å². The summed E-state index contributed by atoms with van der Waals surface area (Å²) in [6, 6.07) is 73.7. The number of benzene rings is 9. The quantitative estimate of drug-likeness (QED) is 0.177. The number of hydrogen-bond acceptors (Lipinski definition) is 1. The molecule has 2 nitrogen and oxygen atoms in total. The van der Waals surface area contributed by atoms with Crippen LogP contribution in [0.15, 0.2) is 205 Å². The molecule has 2 aliphatic rings. The molecule has 2 aliphatic carbocycles. The lowest BCUT2D eigenvalue weighted by Gasteiger charge is -2.30. The zero-order valence-corrected chi connectivity index (χ0v) is 30.9. The minimum absolute atomic E-state index is 0.513. The second kappa shape index (κ2) is 11.3. The Morgan fingerprint density at radius 1 is 0.351 bits per heavy atom. The van der Waals surface area contributed by atoms with Gasteiger partial charge >= 0.3 is 0 Å². The average molecular weight is 724 g/mol. The van der Waals surface area contributed by atoms with Crippen molar-refractivity contribution in [3.8, 4) is 50.2 Å². The summed E-state index contributed by atoms with van der Waals surface area (Å²) < 4.78 is 9.31. The van der Waals surface area contributed by atoms with Crippen LogP contribution in [0.5, 0.6) is 0 Å². The molecule has 0 bridgehead atoms. The maximum absolute atomic E-state index is 6.79. The number of para-hydroxylation sites is 1. The number of nitrogens with zero attached hydrogens (tertiary/aromatic N) is 1. The lowest BCUT2D eigenvalue weighted by Crippen LogP contribution is -2.25. The maximum atomic E-state index is 6.79. The monoisotopic (exact) mass is 723 g/mol. The van der Waals surface area contributed by atoms with Crippen LogP contribution in [-0.2, 0) is 5.41 Å². The Bertz CT molecular complexity index is 3360. The number of hydrogen-bond donors (Lipinski definition) is 0. The van der Waals surface area contributed by atoms with Crippen LogP contribution in [0.4, 0.5) is 0 Å². The molecule has 9 aromatic carbocycles. The summed E-state index contributed by atoms with van der Waals surface area (Å²) in [7, 11) is 0. The van der Waals surface area contributed by atoms with Crippen molar-refractivity contribution in [2.45, 2.75) is 5.41 Å². The fraction of sp³-hybridized carbons (Fsp3) is 0.0182. The van der Waals surface area contributed by atoms with E-state index in [1.165, 1.54) is 94.3 Å². The van der Waals surface area contributed by atoms with Gasteiger partial charge in [-0.1, -0.05) is 164 Å². The van der Waals surface area contributed by atoms with E-state index in [1.54, 1.807) is 0 Å². The zero-order chi connectivity index (χ0) is 37.2. The van der Waals surface area contributed by atoms with E-state index < -0.39 is 5.41 Å². The van der Waals surface area contributed by atoms with E-state index in [0.717, 1.165) is 21.9 Å². The van der Waals surface area contributed by atoms with Gasteiger partial charge in [0.2, 0.25) is 0 Å². The summed E-state index contributed by atoms with van der Waals surface area (Å²) >= 11 is 0. The standard InChI is InChI=1S/C55H33NO/c1-3-14-34(15-4-1)36-26-30-48-42(32-36)43-33-37(35-16-5-2-6-17-35)27-31-49(43)56(48)50-24-13-23-46-52(50)40-19-7-10-21-44(40)55(46)45-22-11-8-20-41(45)53-47(55)29-28-39-38-18-9-12-25-51(38)57-54(39)53/h1-33H. The van der Waals surface area contributed by atoms with Crippen molar-refractivity contribution in [2.24, 2.45) is 0 Å². The van der Waals surface area contributed by atoms with Gasteiger partial charge < -0.3 is 8.98 Å². The van der Waals surface area contributed by atoms with Crippen molar-refractivity contribution in [2.75, 3.05) is 0 Å². The molecule has 13 rings (SSSR count). The van der Waals surface area contributed by atoms with Crippen molar-refractivity contribution in [3.05, 3.63) is 222 Å². The van der Waals surface area contributed by atoms with Crippen molar-refractivity contribution < 1.29 is 4.42 Å². The second-order valence-electron chi connectivity index (χ2n) is 15.5. The minimum Gasteiger partial charge on any atom is -0.455 e. The Morgan fingerprint density at radius 3 is 1.56 bits per heavy atom. The summed E-state index contributed by atoms with van der Waals surface area (Å²) in [4.78, 5) is 0. The predicted octanol–water partition coefficient (Wildman–Crippen LogP) is 14.4. The molecule has 0 aliphatic heterocycles. The molecule has 0 amide bonds. The number of furan rings is 1. The van der Waals surface area contributed by atoms with Crippen molar-refractivity contribution in [1.29, 1.82) is 0 Å². The molecule has 0 radical (unpaired) electrons. The largest absolute Gasteiger partial charge is 0.455 e. The van der Waals surface area contributed by atoms with Crippen molar-refractivity contribution >= 4 is 43.7 Å². The normalized spacial score (nSPS) is 15.1. The molecule has 11 aromatic rings. The van der Waals surface area contributed by atoms with Gasteiger partial charge in [-0.05, 0) is 92.0 Å². The first-order valence-corrected chi connectivity index (χ1v) is 19.8. The van der Waals surface area contributed by atoms with E-state index in [1.807, 2.05) is 0 Å². The van der Waals surface area contributed by atoms with Gasteiger partial charge in [0.05, 0.1) is 22.1 Å². The first-order chi connectivity index (χ1) is 28.3. The van der Waals surface area contributed by atoms with Crippen molar-refractivity contribution in [3.63, 3.8) is 0 Å². The van der Waals surface area contributed by atoms with Crippen LogP contribution in [-0.4, -0.2) is 4.57 Å². The van der Waals surface area contributed by atoms with Crippen LogP contribution in [0.25, 0.3) is 93.9 Å². The van der Waals surface area contributed by atoms with E-state index >= 15 is 0 Å². The first-order valence-electron chi connectivity index (χ1n) is 19.8. The number of fused-ring (bicyclic) bond motifs is 17. The molecule has 1 atom stereocenters. The molecule has 0 saturated carbocycles. The summed E-state index contributed by atoms with van der Waals surface area (Å²) in [6.45, 7) is 0. The molecule has 264 valence electrons. The fourth-order valence-electron chi connectivity index (χ4n) is 10.5. The third-order valence-electron chi connectivity index (χ3n) is 12.8. The number of aromatic nitrogens is 1. The Balaban J connectivity index is 1.13. The van der Waals surface area contributed by atoms with Gasteiger partial charge in [-0.2, -0.15) is 0 Å². The van der Waals surface area contributed by atoms with Crippen LogP contribution >= 0.6 is 0 Å². The summed E-state index contributed by atoms with van der Waals surface area (Å²) in [5.41, 5.74) is 20.0. The smallest absolute Gasteiger partial charge is 0.143 e. The fourth-order valence-corrected chi connectivity index (χ4v) is 10.5. The van der Waals surface area contributed by atoms with Crippen LogP contribution < -0.4 is 0 Å². The van der Waals surface area contributed by atoms with E-state index in [2.05, 4.69) is 205 Å². The molecule has 0 saturated heterocycles. The highest BCUT2D eigenvalue weighted by molar-refractivity contribution is 6.15. The minimum atomic E-state index is -0.513. The average Bonchev–Trinajstić information content (AvgIpc) is 4.00. The Kier molecular flexibility index (Phi) is 6.13. The summed E-state index contributed by atoms with van der Waals surface area (Å²) in [6.07, 6.45) is 0. The number of rotatable bonds is 3. The van der Waals surface area contributed by atoms with Gasteiger partial charge in [0.25, 0.3) is 0 Å². The molecule has 0 N–H and O–H groups in total. The van der Waals surface area contributed by atoms with E-state index in [9.17, 15) is 0 Å². The third-order valence-corrected chi connectivity index (χ3v) is 12.8. The summed E-state index contributed by atoms with van der Waals surface area (Å²) in [5, 5.41) is 4.80. The summed E-state index contributed by atoms with van der Waals surface area (Å²) in [5.74, 6) is 0. The molecule has 0 fully saturated rings. The van der Waals surface area contributed by atoms with Gasteiger partial charge in [-0.15, -0.1) is 0 Å². The van der Waals surface area contributed by atoms with E-state index in [0.29, 0.717) is 0 Å². The Morgan fingerprint density at radius 2 is 0.895 bits per heavy atom. The maximum Gasteiger partial charge on any atom is 0.143 e. The molecular weight excluding hydrogens is 691 g/mol. The van der Waals surface area contributed by atoms with Crippen molar-refractivity contribution in [1.82, 2.24) is 4.57 Å². The van der Waals surface area contributed by atoms with Crippen LogP contribution in [0.1, 0.15) is 22.3 Å². The van der Waals surface area contributed by atoms with Crippen LogP contribution in [0.3, 0.4) is 0 Å². The lowest BCUT2D eigenvalue weighted by molar-refractivity contribution is 0.669. The first kappa shape index (κ1) is 30.9. The molecule has 1 spiro atoms. The Labute approximate surface area is 329 Å². The Hall–Kier alpha value is -7.42.